The van der Waals surface area contributed by atoms with Crippen molar-refractivity contribution in [1.82, 2.24) is 10.3 Å². The Bertz CT molecular complexity index is 1460. The summed E-state index contributed by atoms with van der Waals surface area (Å²) in [5.41, 5.74) is 5.42. The fourth-order valence-electron chi connectivity index (χ4n) is 3.74. The second-order valence-electron chi connectivity index (χ2n) is 8.55. The number of carbonyl (C=O) groups excluding carboxylic acids is 1. The van der Waals surface area contributed by atoms with E-state index in [0.717, 1.165) is 16.7 Å². The molecule has 0 spiro atoms. The molecular formula is C28H28N4O3S. The summed E-state index contributed by atoms with van der Waals surface area (Å²) < 4.78 is 29.0. The number of hydrogen-bond acceptors (Lipinski definition) is 5. The number of amides is 1. The lowest BCUT2D eigenvalue weighted by molar-refractivity contribution is 0.0950. The lowest BCUT2D eigenvalue weighted by Crippen LogP contribution is -2.23. The zero-order valence-electron chi connectivity index (χ0n) is 20.2. The normalized spacial score (nSPS) is 11.1. The summed E-state index contributed by atoms with van der Waals surface area (Å²) in [6, 6.07) is 23.0. The third-order valence-electron chi connectivity index (χ3n) is 5.66. The Morgan fingerprint density at radius 3 is 2.39 bits per heavy atom. The fourth-order valence-corrected chi connectivity index (χ4v) is 4.86. The van der Waals surface area contributed by atoms with Gasteiger partial charge in [-0.2, -0.15) is 0 Å². The summed E-state index contributed by atoms with van der Waals surface area (Å²) in [6.45, 7) is 4.83. The van der Waals surface area contributed by atoms with Crippen LogP contribution in [0.1, 0.15) is 32.6 Å². The Morgan fingerprint density at radius 2 is 1.67 bits per heavy atom. The second kappa shape index (κ2) is 11.0. The van der Waals surface area contributed by atoms with Gasteiger partial charge in [0.15, 0.2) is 0 Å². The van der Waals surface area contributed by atoms with Crippen LogP contribution >= 0.6 is 0 Å². The van der Waals surface area contributed by atoms with Crippen LogP contribution in [0, 0.1) is 13.8 Å². The van der Waals surface area contributed by atoms with E-state index >= 15 is 0 Å². The molecule has 1 heterocycles. The van der Waals surface area contributed by atoms with Crippen LogP contribution in [0.15, 0.2) is 96.2 Å². The average molecular weight is 501 g/mol. The number of nitrogens with one attached hydrogen (secondary N) is 3. The average Bonchev–Trinajstić information content (AvgIpc) is 2.87. The van der Waals surface area contributed by atoms with Crippen molar-refractivity contribution < 1.29 is 13.2 Å². The van der Waals surface area contributed by atoms with Crippen molar-refractivity contribution in [3.63, 3.8) is 0 Å². The molecule has 4 rings (SSSR count). The SMILES string of the molecule is Cc1ccc(CNc2cc(C(=O)NCc3cccnc3)cc(S(=O)(=O)Nc3ccccc3)c2)c(C)c1. The van der Waals surface area contributed by atoms with Gasteiger partial charge in [0.1, 0.15) is 0 Å². The highest BCUT2D eigenvalue weighted by Gasteiger charge is 2.19. The van der Waals surface area contributed by atoms with Crippen LogP contribution in [0.5, 0.6) is 0 Å². The molecule has 0 bridgehead atoms. The molecule has 4 aromatic rings. The largest absolute Gasteiger partial charge is 0.381 e. The first-order chi connectivity index (χ1) is 17.3. The lowest BCUT2D eigenvalue weighted by atomic mass is 10.1. The van der Waals surface area contributed by atoms with Crippen molar-refractivity contribution in [3.05, 3.63) is 119 Å². The number of pyridine rings is 1. The molecule has 3 aromatic carbocycles. The van der Waals surface area contributed by atoms with E-state index in [4.69, 9.17) is 0 Å². The molecule has 36 heavy (non-hydrogen) atoms. The van der Waals surface area contributed by atoms with Crippen molar-refractivity contribution in [2.75, 3.05) is 10.0 Å². The van der Waals surface area contributed by atoms with Gasteiger partial charge < -0.3 is 10.6 Å². The van der Waals surface area contributed by atoms with Crippen molar-refractivity contribution in [2.45, 2.75) is 31.8 Å². The number of anilines is 2. The number of sulfonamides is 1. The molecule has 0 atom stereocenters. The molecule has 0 radical (unpaired) electrons. The molecule has 0 aliphatic heterocycles. The number of aryl methyl sites for hydroxylation is 2. The molecular weight excluding hydrogens is 472 g/mol. The molecule has 8 heteroatoms. The third-order valence-corrected chi connectivity index (χ3v) is 7.02. The van der Waals surface area contributed by atoms with Crippen LogP contribution < -0.4 is 15.4 Å². The molecule has 3 N–H and O–H groups in total. The van der Waals surface area contributed by atoms with Gasteiger partial charge in [-0.3, -0.25) is 14.5 Å². The first-order valence-corrected chi connectivity index (χ1v) is 13.0. The van der Waals surface area contributed by atoms with Crippen LogP contribution in [-0.4, -0.2) is 19.3 Å². The summed E-state index contributed by atoms with van der Waals surface area (Å²) in [5, 5.41) is 6.12. The molecule has 0 unspecified atom stereocenters. The maximum atomic E-state index is 13.2. The third kappa shape index (κ3) is 6.49. The molecule has 1 aromatic heterocycles. The van der Waals surface area contributed by atoms with Gasteiger partial charge in [-0.1, -0.05) is 48.0 Å². The topological polar surface area (TPSA) is 100 Å². The quantitative estimate of drug-likeness (QED) is 0.299. The van der Waals surface area contributed by atoms with E-state index in [0.29, 0.717) is 17.9 Å². The molecule has 0 saturated heterocycles. The maximum absolute atomic E-state index is 13.2. The van der Waals surface area contributed by atoms with Crippen LogP contribution in [0.4, 0.5) is 11.4 Å². The van der Waals surface area contributed by atoms with E-state index in [-0.39, 0.29) is 22.9 Å². The highest BCUT2D eigenvalue weighted by Crippen LogP contribution is 2.23. The van der Waals surface area contributed by atoms with Crippen LogP contribution in [-0.2, 0) is 23.1 Å². The highest BCUT2D eigenvalue weighted by molar-refractivity contribution is 7.92. The van der Waals surface area contributed by atoms with Gasteiger partial charge in [-0.15, -0.1) is 0 Å². The summed E-state index contributed by atoms with van der Waals surface area (Å²) in [4.78, 5) is 17.0. The van der Waals surface area contributed by atoms with Gasteiger partial charge in [0.2, 0.25) is 0 Å². The number of benzene rings is 3. The molecule has 1 amide bonds. The minimum absolute atomic E-state index is 0.0106. The number of hydrogen-bond donors (Lipinski definition) is 3. The predicted molar refractivity (Wildman–Crippen MR) is 142 cm³/mol. The van der Waals surface area contributed by atoms with Crippen molar-refractivity contribution in [2.24, 2.45) is 0 Å². The zero-order valence-corrected chi connectivity index (χ0v) is 21.0. The molecule has 7 nitrogen and oxygen atoms in total. The van der Waals surface area contributed by atoms with Crippen LogP contribution in [0.3, 0.4) is 0 Å². The van der Waals surface area contributed by atoms with E-state index < -0.39 is 10.0 Å². The number of nitrogens with zero attached hydrogens (tertiary/aromatic N) is 1. The number of para-hydroxylation sites is 1. The lowest BCUT2D eigenvalue weighted by Gasteiger charge is -2.15. The molecule has 0 aliphatic rings. The molecule has 0 aliphatic carbocycles. The fraction of sp³-hybridized carbons (Fsp3) is 0.143. The summed E-state index contributed by atoms with van der Waals surface area (Å²) in [5.74, 6) is -0.384. The van der Waals surface area contributed by atoms with E-state index in [1.165, 1.54) is 17.7 Å². The summed E-state index contributed by atoms with van der Waals surface area (Å²) in [7, 11) is -3.94. The Kier molecular flexibility index (Phi) is 7.65. The molecule has 0 fully saturated rings. The first-order valence-electron chi connectivity index (χ1n) is 11.5. The van der Waals surface area contributed by atoms with Crippen molar-refractivity contribution in [3.8, 4) is 0 Å². The van der Waals surface area contributed by atoms with E-state index in [1.807, 2.05) is 32.0 Å². The van der Waals surface area contributed by atoms with Crippen LogP contribution in [0.25, 0.3) is 0 Å². The maximum Gasteiger partial charge on any atom is 0.261 e. The van der Waals surface area contributed by atoms with Crippen molar-refractivity contribution >= 4 is 27.3 Å². The van der Waals surface area contributed by atoms with Gasteiger partial charge in [0.05, 0.1) is 4.90 Å². The summed E-state index contributed by atoms with van der Waals surface area (Å²) in [6.07, 6.45) is 3.33. The van der Waals surface area contributed by atoms with E-state index in [2.05, 4.69) is 26.4 Å². The van der Waals surface area contributed by atoms with Gasteiger partial charge in [0, 0.05) is 42.4 Å². The molecule has 0 saturated carbocycles. The monoisotopic (exact) mass is 500 g/mol. The Hall–Kier alpha value is -4.17. The minimum atomic E-state index is -3.94. The number of rotatable bonds is 9. The zero-order chi connectivity index (χ0) is 25.5. The highest BCUT2D eigenvalue weighted by atomic mass is 32.2. The first kappa shape index (κ1) is 24.9. The second-order valence-corrected chi connectivity index (χ2v) is 10.2. The predicted octanol–water partition coefficient (Wildman–Crippen LogP) is 5.04. The number of carbonyl (C=O) groups is 1. The van der Waals surface area contributed by atoms with Crippen LogP contribution in [0.2, 0.25) is 0 Å². The van der Waals surface area contributed by atoms with Gasteiger partial charge >= 0.3 is 0 Å². The van der Waals surface area contributed by atoms with Gasteiger partial charge in [-0.05, 0) is 66.9 Å². The van der Waals surface area contributed by atoms with E-state index in [1.54, 1.807) is 54.9 Å². The van der Waals surface area contributed by atoms with Crippen molar-refractivity contribution in [1.29, 1.82) is 0 Å². The number of aromatic nitrogens is 1. The molecule has 184 valence electrons. The smallest absolute Gasteiger partial charge is 0.261 e. The van der Waals surface area contributed by atoms with Gasteiger partial charge in [-0.25, -0.2) is 8.42 Å². The summed E-state index contributed by atoms with van der Waals surface area (Å²) >= 11 is 0. The minimum Gasteiger partial charge on any atom is -0.381 e. The van der Waals surface area contributed by atoms with E-state index in [9.17, 15) is 13.2 Å². The standard InChI is InChI=1S/C28H28N4O3S/c1-20-10-11-23(21(2)13-20)19-30-26-14-24(28(33)31-18-22-7-6-12-29-17-22)15-27(16-26)36(34,35)32-25-8-4-3-5-9-25/h3-17,30,32H,18-19H2,1-2H3,(H,31,33). The Morgan fingerprint density at radius 1 is 0.861 bits per heavy atom. The van der Waals surface area contributed by atoms with Gasteiger partial charge in [0.25, 0.3) is 15.9 Å². The Labute approximate surface area is 211 Å². The Balaban J connectivity index is 1.62.